The number of carbonyl (C=O) groups excluding carboxylic acids is 1. The minimum absolute atomic E-state index is 0.000346. The van der Waals surface area contributed by atoms with Crippen molar-refractivity contribution in [2.24, 2.45) is 5.92 Å². The number of halogens is 3. The van der Waals surface area contributed by atoms with Crippen LogP contribution in [0.25, 0.3) is 0 Å². The van der Waals surface area contributed by atoms with Gasteiger partial charge in [0.2, 0.25) is 0 Å². The van der Waals surface area contributed by atoms with Gasteiger partial charge in [-0.25, -0.2) is 4.79 Å². The van der Waals surface area contributed by atoms with E-state index in [9.17, 15) is 23.1 Å². The van der Waals surface area contributed by atoms with E-state index in [0.717, 1.165) is 25.0 Å². The molecule has 0 bridgehead atoms. The maximum absolute atomic E-state index is 12.9. The Morgan fingerprint density at radius 3 is 2.71 bits per heavy atom. The van der Waals surface area contributed by atoms with E-state index in [1.165, 1.54) is 13.2 Å². The van der Waals surface area contributed by atoms with Gasteiger partial charge in [-0.2, -0.15) is 13.2 Å². The van der Waals surface area contributed by atoms with Gasteiger partial charge in [0.1, 0.15) is 0 Å². The first-order valence-electron chi connectivity index (χ1n) is 7.69. The summed E-state index contributed by atoms with van der Waals surface area (Å²) >= 11 is 0. The van der Waals surface area contributed by atoms with Crippen LogP contribution in [0.2, 0.25) is 0 Å². The van der Waals surface area contributed by atoms with Gasteiger partial charge in [-0.05, 0) is 36.5 Å². The predicted molar refractivity (Wildman–Crippen MR) is 81.3 cm³/mol. The van der Waals surface area contributed by atoms with Crippen LogP contribution in [0.5, 0.6) is 0 Å². The van der Waals surface area contributed by atoms with Crippen molar-refractivity contribution < 1.29 is 27.8 Å². The summed E-state index contributed by atoms with van der Waals surface area (Å²) in [5, 5.41) is 14.7. The first-order chi connectivity index (χ1) is 11.3. The van der Waals surface area contributed by atoms with Crippen molar-refractivity contribution in [2.45, 2.75) is 31.2 Å². The van der Waals surface area contributed by atoms with Crippen molar-refractivity contribution in [3.8, 4) is 0 Å². The van der Waals surface area contributed by atoms with Crippen LogP contribution in [0.4, 0.5) is 18.0 Å². The molecule has 1 aromatic rings. The van der Waals surface area contributed by atoms with Gasteiger partial charge in [-0.1, -0.05) is 12.1 Å². The molecule has 2 rings (SSSR count). The fourth-order valence-electron chi connectivity index (χ4n) is 2.47. The van der Waals surface area contributed by atoms with Gasteiger partial charge in [0, 0.05) is 13.7 Å². The number of benzene rings is 1. The van der Waals surface area contributed by atoms with E-state index in [0.29, 0.717) is 5.56 Å². The number of carbonyl (C=O) groups is 1. The molecule has 1 fully saturated rings. The van der Waals surface area contributed by atoms with Gasteiger partial charge in [-0.15, -0.1) is 0 Å². The van der Waals surface area contributed by atoms with E-state index in [4.69, 9.17) is 4.74 Å². The summed E-state index contributed by atoms with van der Waals surface area (Å²) < 4.78 is 43.3. The Bertz CT molecular complexity index is 562. The predicted octanol–water partition coefficient (Wildman–Crippen LogP) is 2.46. The number of aliphatic hydroxyl groups excluding tert-OH is 1. The van der Waals surface area contributed by atoms with Gasteiger partial charge < -0.3 is 20.5 Å². The molecule has 0 aliphatic heterocycles. The van der Waals surface area contributed by atoms with E-state index in [1.54, 1.807) is 6.07 Å². The third-order valence-corrected chi connectivity index (χ3v) is 3.81. The molecule has 0 spiro atoms. The van der Waals surface area contributed by atoms with E-state index in [2.05, 4.69) is 10.6 Å². The van der Waals surface area contributed by atoms with E-state index in [-0.39, 0.29) is 19.1 Å². The SMILES string of the molecule is COCC(O)CNC(=O)NC(c1cccc(C(F)(F)F)c1)C1CC1. The molecule has 1 aromatic carbocycles. The van der Waals surface area contributed by atoms with Crippen molar-refractivity contribution in [1.29, 1.82) is 0 Å². The highest BCUT2D eigenvalue weighted by Crippen LogP contribution is 2.42. The number of hydrogen-bond donors (Lipinski definition) is 3. The van der Waals surface area contributed by atoms with Gasteiger partial charge in [0.25, 0.3) is 0 Å². The second-order valence-electron chi connectivity index (χ2n) is 5.90. The summed E-state index contributed by atoms with van der Waals surface area (Å²) in [5.74, 6) is 0.128. The van der Waals surface area contributed by atoms with Crippen molar-refractivity contribution >= 4 is 6.03 Å². The quantitative estimate of drug-likeness (QED) is 0.710. The highest BCUT2D eigenvalue weighted by atomic mass is 19.4. The molecule has 0 heterocycles. The Hall–Kier alpha value is -1.80. The largest absolute Gasteiger partial charge is 0.416 e. The Kier molecular flexibility index (Phi) is 6.06. The summed E-state index contributed by atoms with van der Waals surface area (Å²) in [4.78, 5) is 12.0. The molecule has 2 unspecified atom stereocenters. The summed E-state index contributed by atoms with van der Waals surface area (Å²) in [6, 6.07) is 4.00. The van der Waals surface area contributed by atoms with Crippen LogP contribution in [0.15, 0.2) is 24.3 Å². The number of hydrogen-bond acceptors (Lipinski definition) is 3. The molecule has 134 valence electrons. The fourth-order valence-corrected chi connectivity index (χ4v) is 2.47. The van der Waals surface area contributed by atoms with Crippen LogP contribution in [-0.4, -0.2) is 37.5 Å². The van der Waals surface area contributed by atoms with Crippen LogP contribution in [0, 0.1) is 5.92 Å². The third kappa shape index (κ3) is 5.38. The van der Waals surface area contributed by atoms with Gasteiger partial charge in [0.15, 0.2) is 0 Å². The number of rotatable bonds is 7. The minimum atomic E-state index is -4.42. The summed E-state index contributed by atoms with van der Waals surface area (Å²) in [6.07, 6.45) is -3.55. The molecular weight excluding hydrogens is 325 g/mol. The number of nitrogens with one attached hydrogen (secondary N) is 2. The Labute approximate surface area is 138 Å². The molecule has 0 aromatic heterocycles. The van der Waals surface area contributed by atoms with E-state index < -0.39 is 29.9 Å². The lowest BCUT2D eigenvalue weighted by atomic mass is 10.00. The van der Waals surface area contributed by atoms with Crippen molar-refractivity contribution in [1.82, 2.24) is 10.6 Å². The average molecular weight is 346 g/mol. The number of alkyl halides is 3. The molecule has 1 aliphatic carbocycles. The number of methoxy groups -OCH3 is 1. The van der Waals surface area contributed by atoms with Gasteiger partial charge in [0.05, 0.1) is 24.3 Å². The Morgan fingerprint density at radius 2 is 2.12 bits per heavy atom. The maximum atomic E-state index is 12.9. The second-order valence-corrected chi connectivity index (χ2v) is 5.90. The summed E-state index contributed by atoms with van der Waals surface area (Å²) in [5.41, 5.74) is -0.303. The van der Waals surface area contributed by atoms with Gasteiger partial charge in [-0.3, -0.25) is 0 Å². The normalized spacial score (nSPS) is 17.2. The molecule has 5 nitrogen and oxygen atoms in total. The standard InChI is InChI=1S/C16H21F3N2O3/c1-24-9-13(22)8-20-15(23)21-14(10-5-6-10)11-3-2-4-12(7-11)16(17,18)19/h2-4,7,10,13-14,22H,5-6,8-9H2,1H3,(H2,20,21,23). The smallest absolute Gasteiger partial charge is 0.389 e. The minimum Gasteiger partial charge on any atom is -0.389 e. The molecule has 1 saturated carbocycles. The first kappa shape index (κ1) is 18.5. The summed E-state index contributed by atoms with van der Waals surface area (Å²) in [6.45, 7) is 0.0829. The molecule has 0 radical (unpaired) electrons. The molecule has 8 heteroatoms. The highest BCUT2D eigenvalue weighted by Gasteiger charge is 2.36. The van der Waals surface area contributed by atoms with Crippen LogP contribution < -0.4 is 10.6 Å². The third-order valence-electron chi connectivity index (χ3n) is 3.81. The molecule has 3 N–H and O–H groups in total. The monoisotopic (exact) mass is 346 g/mol. The first-order valence-corrected chi connectivity index (χ1v) is 7.69. The fraction of sp³-hybridized carbons (Fsp3) is 0.562. The molecule has 2 amide bonds. The zero-order valence-corrected chi connectivity index (χ0v) is 13.3. The topological polar surface area (TPSA) is 70.6 Å². The van der Waals surface area contributed by atoms with Crippen LogP contribution in [0.3, 0.4) is 0 Å². The van der Waals surface area contributed by atoms with Gasteiger partial charge >= 0.3 is 12.2 Å². The lowest BCUT2D eigenvalue weighted by molar-refractivity contribution is -0.137. The van der Waals surface area contributed by atoms with E-state index in [1.807, 2.05) is 0 Å². The lowest BCUT2D eigenvalue weighted by Gasteiger charge is -2.21. The van der Waals surface area contributed by atoms with Crippen LogP contribution in [0.1, 0.15) is 30.0 Å². The zero-order chi connectivity index (χ0) is 17.7. The lowest BCUT2D eigenvalue weighted by Crippen LogP contribution is -2.42. The number of aliphatic hydroxyl groups is 1. The Balaban J connectivity index is 2.01. The number of urea groups is 1. The highest BCUT2D eigenvalue weighted by molar-refractivity contribution is 5.74. The van der Waals surface area contributed by atoms with Crippen molar-refractivity contribution in [3.63, 3.8) is 0 Å². The van der Waals surface area contributed by atoms with Crippen molar-refractivity contribution in [3.05, 3.63) is 35.4 Å². The maximum Gasteiger partial charge on any atom is 0.416 e. The zero-order valence-electron chi connectivity index (χ0n) is 13.3. The molecule has 0 saturated heterocycles. The van der Waals surface area contributed by atoms with E-state index >= 15 is 0 Å². The number of ether oxygens (including phenoxy) is 1. The molecule has 24 heavy (non-hydrogen) atoms. The van der Waals surface area contributed by atoms with Crippen LogP contribution in [-0.2, 0) is 10.9 Å². The average Bonchev–Trinajstić information content (AvgIpc) is 3.35. The molecule has 1 aliphatic rings. The Morgan fingerprint density at radius 1 is 1.42 bits per heavy atom. The summed E-state index contributed by atoms with van der Waals surface area (Å²) in [7, 11) is 1.43. The molecular formula is C16H21F3N2O3. The molecule has 2 atom stereocenters. The van der Waals surface area contributed by atoms with Crippen LogP contribution >= 0.6 is 0 Å². The van der Waals surface area contributed by atoms with Crippen molar-refractivity contribution in [2.75, 3.05) is 20.3 Å². The second kappa shape index (κ2) is 7.85. The number of amides is 2.